The third-order valence-electron chi connectivity index (χ3n) is 4.98. The molecule has 0 spiro atoms. The molecule has 1 aromatic rings. The maximum Gasteiger partial charge on any atom is 0.0351 e. The molecule has 0 saturated carbocycles. The number of nitrogens with two attached hydrogens (primary N) is 1. The quantitative estimate of drug-likeness (QED) is 0.926. The largest absolute Gasteiger partial charge is 0.330 e. The molecule has 110 valence electrons. The SMILES string of the molecule is CN1CC(CN)CC1c1ccccc1C1CCSCC1. The second-order valence-corrected chi connectivity index (χ2v) is 7.53. The van der Waals surface area contributed by atoms with Gasteiger partial charge in [0, 0.05) is 12.6 Å². The zero-order valence-corrected chi connectivity index (χ0v) is 13.2. The van der Waals surface area contributed by atoms with Crippen molar-refractivity contribution < 1.29 is 0 Å². The van der Waals surface area contributed by atoms with Crippen LogP contribution in [0.5, 0.6) is 0 Å². The highest BCUT2D eigenvalue weighted by atomic mass is 32.2. The average Bonchev–Trinajstić information content (AvgIpc) is 2.89. The van der Waals surface area contributed by atoms with Gasteiger partial charge >= 0.3 is 0 Å². The van der Waals surface area contributed by atoms with E-state index in [2.05, 4.69) is 48.0 Å². The van der Waals surface area contributed by atoms with Crippen LogP contribution in [-0.2, 0) is 0 Å². The van der Waals surface area contributed by atoms with Gasteiger partial charge in [0.1, 0.15) is 0 Å². The van der Waals surface area contributed by atoms with Crippen molar-refractivity contribution in [2.75, 3.05) is 31.6 Å². The zero-order chi connectivity index (χ0) is 13.9. The molecule has 0 aromatic heterocycles. The van der Waals surface area contributed by atoms with Gasteiger partial charge < -0.3 is 5.73 Å². The molecule has 2 fully saturated rings. The molecular formula is C17H26N2S. The van der Waals surface area contributed by atoms with Crippen LogP contribution in [0, 0.1) is 5.92 Å². The molecule has 3 rings (SSSR count). The van der Waals surface area contributed by atoms with E-state index in [1.54, 1.807) is 11.1 Å². The molecule has 2 saturated heterocycles. The van der Waals surface area contributed by atoms with Crippen molar-refractivity contribution in [3.8, 4) is 0 Å². The molecular weight excluding hydrogens is 264 g/mol. The number of rotatable bonds is 3. The minimum atomic E-state index is 0.578. The molecule has 2 nitrogen and oxygen atoms in total. The fraction of sp³-hybridized carbons (Fsp3) is 0.647. The molecule has 1 aromatic carbocycles. The van der Waals surface area contributed by atoms with Crippen LogP contribution >= 0.6 is 11.8 Å². The molecule has 2 N–H and O–H groups in total. The van der Waals surface area contributed by atoms with E-state index in [1.165, 1.54) is 30.8 Å². The van der Waals surface area contributed by atoms with Gasteiger partial charge in [0.25, 0.3) is 0 Å². The molecule has 2 heterocycles. The topological polar surface area (TPSA) is 29.3 Å². The van der Waals surface area contributed by atoms with Crippen molar-refractivity contribution in [3.05, 3.63) is 35.4 Å². The van der Waals surface area contributed by atoms with Crippen molar-refractivity contribution in [2.45, 2.75) is 31.2 Å². The van der Waals surface area contributed by atoms with Gasteiger partial charge in [-0.15, -0.1) is 0 Å². The van der Waals surface area contributed by atoms with Crippen molar-refractivity contribution in [2.24, 2.45) is 11.7 Å². The van der Waals surface area contributed by atoms with Crippen LogP contribution in [0.1, 0.15) is 42.3 Å². The van der Waals surface area contributed by atoms with Gasteiger partial charge in [-0.3, -0.25) is 4.90 Å². The molecule has 3 heteroatoms. The van der Waals surface area contributed by atoms with Crippen LogP contribution in [0.2, 0.25) is 0 Å². The lowest BCUT2D eigenvalue weighted by Gasteiger charge is -2.28. The van der Waals surface area contributed by atoms with E-state index in [9.17, 15) is 0 Å². The van der Waals surface area contributed by atoms with Crippen molar-refractivity contribution in [1.82, 2.24) is 4.90 Å². The second kappa shape index (κ2) is 6.50. The number of nitrogens with zero attached hydrogens (tertiary/aromatic N) is 1. The summed E-state index contributed by atoms with van der Waals surface area (Å²) >= 11 is 2.11. The first kappa shape index (κ1) is 14.4. The molecule has 2 aliphatic rings. The standard InChI is InChI=1S/C17H26N2S/c1-19-12-13(11-18)10-17(19)16-5-3-2-4-15(16)14-6-8-20-9-7-14/h2-5,13-14,17H,6-12,18H2,1H3. The molecule has 0 radical (unpaired) electrons. The predicted molar refractivity (Wildman–Crippen MR) is 88.3 cm³/mol. The number of thioether (sulfide) groups is 1. The summed E-state index contributed by atoms with van der Waals surface area (Å²) in [4.78, 5) is 2.51. The average molecular weight is 290 g/mol. The summed E-state index contributed by atoms with van der Waals surface area (Å²) in [6, 6.07) is 9.74. The highest BCUT2D eigenvalue weighted by Crippen LogP contribution is 2.40. The second-order valence-electron chi connectivity index (χ2n) is 6.31. The van der Waals surface area contributed by atoms with Crippen LogP contribution in [-0.4, -0.2) is 36.5 Å². The Bertz CT molecular complexity index is 442. The first-order valence-electron chi connectivity index (χ1n) is 7.86. The van der Waals surface area contributed by atoms with E-state index < -0.39 is 0 Å². The number of benzene rings is 1. The minimum Gasteiger partial charge on any atom is -0.330 e. The summed E-state index contributed by atoms with van der Waals surface area (Å²) in [7, 11) is 2.26. The summed E-state index contributed by atoms with van der Waals surface area (Å²) in [5.74, 6) is 4.09. The van der Waals surface area contributed by atoms with Crippen LogP contribution in [0.15, 0.2) is 24.3 Å². The van der Waals surface area contributed by atoms with Gasteiger partial charge in [-0.2, -0.15) is 11.8 Å². The Kier molecular flexibility index (Phi) is 4.69. The lowest BCUT2D eigenvalue weighted by molar-refractivity contribution is 0.311. The third-order valence-corrected chi connectivity index (χ3v) is 6.03. The summed E-state index contributed by atoms with van der Waals surface area (Å²) in [5, 5.41) is 0. The van der Waals surface area contributed by atoms with E-state index in [-0.39, 0.29) is 0 Å². The lowest BCUT2D eigenvalue weighted by atomic mass is 9.86. The van der Waals surface area contributed by atoms with Crippen LogP contribution in [0.25, 0.3) is 0 Å². The summed E-state index contributed by atoms with van der Waals surface area (Å²) in [6.45, 7) is 1.97. The maximum atomic E-state index is 5.89. The van der Waals surface area contributed by atoms with Crippen LogP contribution in [0.3, 0.4) is 0 Å². The van der Waals surface area contributed by atoms with Gasteiger partial charge in [0.05, 0.1) is 0 Å². The van der Waals surface area contributed by atoms with Crippen LogP contribution < -0.4 is 5.73 Å². The molecule has 2 atom stereocenters. The van der Waals surface area contributed by atoms with Gasteiger partial charge in [-0.25, -0.2) is 0 Å². The molecule has 0 bridgehead atoms. The zero-order valence-electron chi connectivity index (χ0n) is 12.4. The monoisotopic (exact) mass is 290 g/mol. The fourth-order valence-electron chi connectivity index (χ4n) is 3.83. The predicted octanol–water partition coefficient (Wildman–Crippen LogP) is 3.25. The maximum absolute atomic E-state index is 5.89. The first-order valence-corrected chi connectivity index (χ1v) is 9.02. The molecule has 0 aliphatic carbocycles. The Balaban J connectivity index is 1.85. The van der Waals surface area contributed by atoms with E-state index >= 15 is 0 Å². The van der Waals surface area contributed by atoms with Crippen molar-refractivity contribution in [1.29, 1.82) is 0 Å². The van der Waals surface area contributed by atoms with Crippen molar-refractivity contribution in [3.63, 3.8) is 0 Å². The van der Waals surface area contributed by atoms with Gasteiger partial charge in [0.15, 0.2) is 0 Å². The van der Waals surface area contributed by atoms with Gasteiger partial charge in [-0.1, -0.05) is 24.3 Å². The normalized spacial score (nSPS) is 28.9. The molecule has 20 heavy (non-hydrogen) atoms. The lowest BCUT2D eigenvalue weighted by Crippen LogP contribution is -2.22. The van der Waals surface area contributed by atoms with Gasteiger partial charge in [0.2, 0.25) is 0 Å². The Labute approximate surface area is 127 Å². The molecule has 0 amide bonds. The highest BCUT2D eigenvalue weighted by Gasteiger charge is 2.32. The van der Waals surface area contributed by atoms with Crippen molar-refractivity contribution >= 4 is 11.8 Å². The summed E-state index contributed by atoms with van der Waals surface area (Å²) < 4.78 is 0. The van der Waals surface area contributed by atoms with E-state index in [4.69, 9.17) is 5.73 Å². The number of hydrogen-bond donors (Lipinski definition) is 1. The van der Waals surface area contributed by atoms with E-state index in [0.29, 0.717) is 12.0 Å². The smallest absolute Gasteiger partial charge is 0.0351 e. The van der Waals surface area contributed by atoms with Crippen LogP contribution in [0.4, 0.5) is 0 Å². The number of hydrogen-bond acceptors (Lipinski definition) is 3. The summed E-state index contributed by atoms with van der Waals surface area (Å²) in [6.07, 6.45) is 3.92. The molecule has 2 unspecified atom stereocenters. The Morgan fingerprint density at radius 3 is 2.55 bits per heavy atom. The molecule has 2 aliphatic heterocycles. The summed E-state index contributed by atoms with van der Waals surface area (Å²) in [5.41, 5.74) is 9.07. The number of likely N-dealkylation sites (tertiary alicyclic amines) is 1. The first-order chi connectivity index (χ1) is 9.79. The van der Waals surface area contributed by atoms with E-state index in [0.717, 1.165) is 19.0 Å². The third kappa shape index (κ3) is 2.90. The fourth-order valence-corrected chi connectivity index (χ4v) is 4.94. The Hall–Kier alpha value is -0.510. The van der Waals surface area contributed by atoms with E-state index in [1.807, 2.05) is 0 Å². The minimum absolute atomic E-state index is 0.578. The Morgan fingerprint density at radius 2 is 1.90 bits per heavy atom. The Morgan fingerprint density at radius 1 is 1.20 bits per heavy atom. The van der Waals surface area contributed by atoms with Gasteiger partial charge in [-0.05, 0) is 67.3 Å². The highest BCUT2D eigenvalue weighted by molar-refractivity contribution is 7.99.